The number of benzene rings is 1. The highest BCUT2D eigenvalue weighted by molar-refractivity contribution is 5.95. The lowest BCUT2D eigenvalue weighted by Gasteiger charge is -2.10. The normalized spacial score (nSPS) is 11.8. The first-order valence-electron chi connectivity index (χ1n) is 5.35. The average Bonchev–Trinajstić information content (AvgIpc) is 2.35. The number of carbonyl (C=O) groups is 1. The number of nitrogens with zero attached hydrogens (tertiary/aromatic N) is 1. The van der Waals surface area contributed by atoms with Gasteiger partial charge >= 0.3 is 12.1 Å². The van der Waals surface area contributed by atoms with Crippen LogP contribution in [0.3, 0.4) is 0 Å². The van der Waals surface area contributed by atoms with Crippen molar-refractivity contribution in [2.45, 2.75) is 13.1 Å². The molecular formula is C13H10F3NO2. The molecule has 0 fully saturated rings. The predicted molar refractivity (Wildman–Crippen MR) is 61.8 cm³/mol. The molecule has 1 aromatic carbocycles. The second-order valence-electron chi connectivity index (χ2n) is 3.48. The van der Waals surface area contributed by atoms with Gasteiger partial charge in [0, 0.05) is 0 Å². The van der Waals surface area contributed by atoms with E-state index in [0.29, 0.717) is 6.08 Å². The summed E-state index contributed by atoms with van der Waals surface area (Å²) in [5.74, 6) is -1.46. The van der Waals surface area contributed by atoms with Crippen molar-refractivity contribution in [2.24, 2.45) is 0 Å². The SMILES string of the molecule is CCOC(=O)C(=Cc1ccccc1C#N)C(F)(F)F. The van der Waals surface area contributed by atoms with Crippen LogP contribution in [-0.2, 0) is 9.53 Å². The molecule has 0 heterocycles. The fourth-order valence-electron chi connectivity index (χ4n) is 1.35. The lowest BCUT2D eigenvalue weighted by Crippen LogP contribution is -2.22. The molecule has 0 saturated carbocycles. The molecule has 0 aromatic heterocycles. The Hall–Kier alpha value is -2.29. The predicted octanol–water partition coefficient (Wildman–Crippen LogP) is 3.07. The molecule has 3 nitrogen and oxygen atoms in total. The number of carbonyl (C=O) groups excluding carboxylic acids is 1. The minimum absolute atomic E-state index is 0.0189. The van der Waals surface area contributed by atoms with Gasteiger partial charge in [0.2, 0.25) is 0 Å². The number of nitriles is 1. The molecule has 0 aliphatic heterocycles. The summed E-state index contributed by atoms with van der Waals surface area (Å²) < 4.78 is 42.7. The van der Waals surface area contributed by atoms with E-state index in [-0.39, 0.29) is 17.7 Å². The summed E-state index contributed by atoms with van der Waals surface area (Å²) in [6, 6.07) is 7.45. The molecule has 1 aromatic rings. The van der Waals surface area contributed by atoms with Crippen LogP contribution in [0.1, 0.15) is 18.1 Å². The number of esters is 1. The van der Waals surface area contributed by atoms with Crippen molar-refractivity contribution in [3.8, 4) is 6.07 Å². The van der Waals surface area contributed by atoms with Crippen LogP contribution in [0.4, 0.5) is 13.2 Å². The third-order valence-electron chi connectivity index (χ3n) is 2.18. The molecule has 0 atom stereocenters. The van der Waals surface area contributed by atoms with Gasteiger partial charge < -0.3 is 4.74 Å². The van der Waals surface area contributed by atoms with Crippen LogP contribution in [0.15, 0.2) is 29.8 Å². The summed E-state index contributed by atoms with van der Waals surface area (Å²) in [6.45, 7) is 1.25. The molecule has 100 valence electrons. The maximum absolute atomic E-state index is 12.8. The summed E-state index contributed by atoms with van der Waals surface area (Å²) in [7, 11) is 0. The molecule has 0 saturated heterocycles. The van der Waals surface area contributed by atoms with Crippen LogP contribution < -0.4 is 0 Å². The maximum Gasteiger partial charge on any atom is 0.423 e. The molecule has 0 unspecified atom stereocenters. The second-order valence-corrected chi connectivity index (χ2v) is 3.48. The minimum Gasteiger partial charge on any atom is -0.462 e. The van der Waals surface area contributed by atoms with Crippen molar-refractivity contribution in [1.29, 1.82) is 5.26 Å². The molecule has 0 N–H and O–H groups in total. The molecule has 0 radical (unpaired) electrons. The van der Waals surface area contributed by atoms with Gasteiger partial charge in [-0.25, -0.2) is 4.79 Å². The monoisotopic (exact) mass is 269 g/mol. The first kappa shape index (κ1) is 14.8. The van der Waals surface area contributed by atoms with E-state index in [1.807, 2.05) is 0 Å². The van der Waals surface area contributed by atoms with Gasteiger partial charge in [-0.1, -0.05) is 18.2 Å². The third-order valence-corrected chi connectivity index (χ3v) is 2.18. The van der Waals surface area contributed by atoms with Gasteiger partial charge in [0.25, 0.3) is 0 Å². The van der Waals surface area contributed by atoms with E-state index >= 15 is 0 Å². The topological polar surface area (TPSA) is 50.1 Å². The van der Waals surface area contributed by atoms with Gasteiger partial charge in [0.1, 0.15) is 5.57 Å². The Balaban J connectivity index is 3.29. The highest BCUT2D eigenvalue weighted by Crippen LogP contribution is 2.29. The Bertz CT molecular complexity index is 542. The van der Waals surface area contributed by atoms with Crippen molar-refractivity contribution in [2.75, 3.05) is 6.61 Å². The first-order chi connectivity index (χ1) is 8.90. The van der Waals surface area contributed by atoms with Gasteiger partial charge in [-0.15, -0.1) is 0 Å². The van der Waals surface area contributed by atoms with Crippen LogP contribution in [0.25, 0.3) is 6.08 Å². The van der Waals surface area contributed by atoms with Crippen molar-refractivity contribution < 1.29 is 22.7 Å². The molecule has 0 amide bonds. The zero-order valence-electron chi connectivity index (χ0n) is 9.99. The van der Waals surface area contributed by atoms with Crippen molar-refractivity contribution in [1.82, 2.24) is 0 Å². The average molecular weight is 269 g/mol. The van der Waals surface area contributed by atoms with Gasteiger partial charge in [-0.2, -0.15) is 18.4 Å². The third kappa shape index (κ3) is 3.85. The van der Waals surface area contributed by atoms with Crippen LogP contribution in [0.5, 0.6) is 0 Å². The molecule has 0 bridgehead atoms. The summed E-state index contributed by atoms with van der Waals surface area (Å²) in [4.78, 5) is 11.3. The minimum atomic E-state index is -4.84. The molecule has 1 rings (SSSR count). The lowest BCUT2D eigenvalue weighted by molar-refractivity contribution is -0.149. The van der Waals surface area contributed by atoms with Crippen LogP contribution in [0.2, 0.25) is 0 Å². The smallest absolute Gasteiger partial charge is 0.423 e. The summed E-state index contributed by atoms with van der Waals surface area (Å²) in [6.07, 6.45) is -4.22. The van der Waals surface area contributed by atoms with E-state index in [1.54, 1.807) is 6.07 Å². The number of rotatable bonds is 3. The Morgan fingerprint density at radius 1 is 1.42 bits per heavy atom. The Morgan fingerprint density at radius 3 is 2.58 bits per heavy atom. The number of hydrogen-bond donors (Lipinski definition) is 0. The lowest BCUT2D eigenvalue weighted by atomic mass is 10.1. The highest BCUT2D eigenvalue weighted by atomic mass is 19.4. The molecule has 19 heavy (non-hydrogen) atoms. The van der Waals surface area contributed by atoms with Crippen molar-refractivity contribution >= 4 is 12.0 Å². The number of alkyl halides is 3. The maximum atomic E-state index is 12.8. The van der Waals surface area contributed by atoms with Gasteiger partial charge in [-0.05, 0) is 24.6 Å². The Labute approximate surface area is 107 Å². The van der Waals surface area contributed by atoms with E-state index < -0.39 is 17.7 Å². The Morgan fingerprint density at radius 2 is 2.05 bits per heavy atom. The van der Waals surface area contributed by atoms with E-state index in [1.165, 1.54) is 31.2 Å². The standard InChI is InChI=1S/C13H10F3NO2/c1-2-19-12(18)11(13(14,15)16)7-9-5-3-4-6-10(9)8-17/h3-7H,2H2,1H3. The molecular weight excluding hydrogens is 259 g/mol. The van der Waals surface area contributed by atoms with Crippen LogP contribution in [-0.4, -0.2) is 18.8 Å². The van der Waals surface area contributed by atoms with Crippen molar-refractivity contribution in [3.63, 3.8) is 0 Å². The van der Waals surface area contributed by atoms with Crippen molar-refractivity contribution in [3.05, 3.63) is 41.0 Å². The van der Waals surface area contributed by atoms with E-state index in [9.17, 15) is 18.0 Å². The zero-order valence-corrected chi connectivity index (χ0v) is 9.99. The van der Waals surface area contributed by atoms with Gasteiger partial charge in [-0.3, -0.25) is 0 Å². The summed E-state index contributed by atoms with van der Waals surface area (Å²) in [5.41, 5.74) is -1.36. The van der Waals surface area contributed by atoms with E-state index in [0.717, 1.165) is 0 Å². The number of hydrogen-bond acceptors (Lipinski definition) is 3. The van der Waals surface area contributed by atoms with Gasteiger partial charge in [0.05, 0.1) is 18.2 Å². The number of ether oxygens (including phenoxy) is 1. The van der Waals surface area contributed by atoms with Crippen LogP contribution >= 0.6 is 0 Å². The largest absolute Gasteiger partial charge is 0.462 e. The second kappa shape index (κ2) is 6.05. The zero-order chi connectivity index (χ0) is 14.5. The van der Waals surface area contributed by atoms with Crippen LogP contribution in [0, 0.1) is 11.3 Å². The highest BCUT2D eigenvalue weighted by Gasteiger charge is 2.39. The summed E-state index contributed by atoms with van der Waals surface area (Å²) >= 11 is 0. The molecule has 0 aliphatic carbocycles. The number of halogens is 3. The van der Waals surface area contributed by atoms with Gasteiger partial charge in [0.15, 0.2) is 0 Å². The summed E-state index contributed by atoms with van der Waals surface area (Å²) in [5, 5.41) is 8.80. The molecule has 0 aliphatic rings. The van der Waals surface area contributed by atoms with E-state index in [4.69, 9.17) is 5.26 Å². The quantitative estimate of drug-likeness (QED) is 0.626. The Kier molecular flexibility index (Phi) is 4.70. The first-order valence-corrected chi connectivity index (χ1v) is 5.35. The molecule has 6 heteroatoms. The molecule has 0 spiro atoms. The fourth-order valence-corrected chi connectivity index (χ4v) is 1.35. The van der Waals surface area contributed by atoms with E-state index in [2.05, 4.69) is 4.74 Å². The fraction of sp³-hybridized carbons (Fsp3) is 0.231.